The van der Waals surface area contributed by atoms with Crippen LogP contribution in [-0.2, 0) is 4.79 Å². The number of carbonyl (C=O) groups is 1. The van der Waals surface area contributed by atoms with Crippen molar-refractivity contribution in [1.29, 1.82) is 0 Å². The summed E-state index contributed by atoms with van der Waals surface area (Å²) in [6.45, 7) is 0. The molecule has 24 heavy (non-hydrogen) atoms. The maximum Gasteiger partial charge on any atom is 0.238 e. The summed E-state index contributed by atoms with van der Waals surface area (Å²) in [5.41, 5.74) is 8.62. The van der Waals surface area contributed by atoms with E-state index in [0.29, 0.717) is 5.70 Å². The average molecular weight is 319 g/mol. The van der Waals surface area contributed by atoms with Gasteiger partial charge < -0.3 is 0 Å². The van der Waals surface area contributed by atoms with E-state index in [1.807, 2.05) is 18.2 Å². The molecule has 0 aromatic heterocycles. The first kappa shape index (κ1) is 13.6. The van der Waals surface area contributed by atoms with Gasteiger partial charge in [0.05, 0.1) is 17.8 Å². The highest BCUT2D eigenvalue weighted by atomic mass is 19.1. The van der Waals surface area contributed by atoms with Gasteiger partial charge in [0.1, 0.15) is 0 Å². The third kappa shape index (κ3) is 1.87. The zero-order chi connectivity index (χ0) is 16.3. The fraction of sp³-hybridized carbons (Fsp3) is 0.211. The molecule has 1 unspecified atom stereocenters. The van der Waals surface area contributed by atoms with E-state index in [0.717, 1.165) is 35.4 Å². The van der Waals surface area contributed by atoms with Crippen LogP contribution in [0, 0.1) is 0 Å². The molecule has 2 heterocycles. The smallest absolute Gasteiger partial charge is 0.238 e. The minimum atomic E-state index is -0.641. The summed E-state index contributed by atoms with van der Waals surface area (Å²) in [5, 5.41) is 3.84. The van der Waals surface area contributed by atoms with Crippen LogP contribution in [0.3, 0.4) is 0 Å². The van der Waals surface area contributed by atoms with Crippen LogP contribution in [0.15, 0.2) is 74.6 Å². The second kappa shape index (κ2) is 4.84. The van der Waals surface area contributed by atoms with Gasteiger partial charge in [-0.15, -0.1) is 5.10 Å². The number of hydrazone groups is 1. The highest BCUT2D eigenvalue weighted by Crippen LogP contribution is 2.46. The van der Waals surface area contributed by atoms with Crippen molar-refractivity contribution >= 4 is 17.5 Å². The first-order chi connectivity index (χ1) is 11.7. The monoisotopic (exact) mass is 319 g/mol. The number of halogens is 1. The molecular formula is C19H14FN3O. The third-order valence-corrected chi connectivity index (χ3v) is 4.99. The zero-order valence-corrected chi connectivity index (χ0v) is 12.8. The summed E-state index contributed by atoms with van der Waals surface area (Å²) in [7, 11) is 0. The lowest BCUT2D eigenvalue weighted by molar-refractivity contribution is -0.114. The van der Waals surface area contributed by atoms with Crippen molar-refractivity contribution in [3.8, 4) is 0 Å². The molecule has 0 radical (unpaired) electrons. The van der Waals surface area contributed by atoms with Gasteiger partial charge in [0.15, 0.2) is 5.78 Å². The molecule has 1 aromatic rings. The number of hydrogen-bond donors (Lipinski definition) is 1. The molecule has 1 aromatic carbocycles. The maximum absolute atomic E-state index is 14.4. The summed E-state index contributed by atoms with van der Waals surface area (Å²) >= 11 is 0. The first-order valence-corrected chi connectivity index (χ1v) is 8.04. The number of nitrogens with one attached hydrogen (secondary N) is 1. The van der Waals surface area contributed by atoms with Crippen LogP contribution < -0.4 is 5.43 Å². The minimum absolute atomic E-state index is 0.124. The van der Waals surface area contributed by atoms with Gasteiger partial charge in [-0.2, -0.15) is 4.39 Å². The zero-order valence-electron chi connectivity index (χ0n) is 12.8. The number of ketones is 1. The van der Waals surface area contributed by atoms with Gasteiger partial charge >= 0.3 is 0 Å². The van der Waals surface area contributed by atoms with Crippen LogP contribution in [0.2, 0.25) is 0 Å². The third-order valence-electron chi connectivity index (χ3n) is 4.99. The molecule has 1 N–H and O–H groups in total. The van der Waals surface area contributed by atoms with Crippen molar-refractivity contribution in [2.75, 3.05) is 0 Å². The number of carbonyl (C=O) groups excluding carboxylic acids is 1. The minimum Gasteiger partial charge on any atom is -0.294 e. The van der Waals surface area contributed by atoms with Crippen molar-refractivity contribution in [2.45, 2.75) is 25.2 Å². The van der Waals surface area contributed by atoms with Crippen LogP contribution in [0.1, 0.15) is 30.7 Å². The quantitative estimate of drug-likeness (QED) is 0.863. The van der Waals surface area contributed by atoms with E-state index in [4.69, 9.17) is 4.99 Å². The molecule has 0 fully saturated rings. The van der Waals surface area contributed by atoms with E-state index in [9.17, 15) is 9.18 Å². The topological polar surface area (TPSA) is 53.8 Å². The summed E-state index contributed by atoms with van der Waals surface area (Å²) in [5.74, 6) is -0.490. The Bertz CT molecular complexity index is 935. The summed E-state index contributed by atoms with van der Waals surface area (Å²) in [4.78, 5) is 16.6. The molecule has 0 spiro atoms. The molecule has 1 atom stereocenters. The van der Waals surface area contributed by atoms with Crippen molar-refractivity contribution in [3.05, 3.63) is 70.1 Å². The molecule has 4 aliphatic rings. The Morgan fingerprint density at radius 2 is 1.96 bits per heavy atom. The Morgan fingerprint density at radius 3 is 2.79 bits per heavy atom. The van der Waals surface area contributed by atoms with Gasteiger partial charge in [-0.05, 0) is 30.4 Å². The molecule has 0 saturated carbocycles. The SMILES string of the molecule is O=C1C=C2C(F)=NNC3=C4C(=NC(=C24)C1)CC(c1ccccc1)C3. The Balaban J connectivity index is 1.64. The maximum atomic E-state index is 14.4. The molecule has 0 bridgehead atoms. The second-order valence-corrected chi connectivity index (χ2v) is 6.47. The highest BCUT2D eigenvalue weighted by molar-refractivity contribution is 6.18. The van der Waals surface area contributed by atoms with Gasteiger partial charge in [-0.1, -0.05) is 30.3 Å². The normalized spacial score (nSPS) is 24.8. The van der Waals surface area contributed by atoms with E-state index in [2.05, 4.69) is 22.7 Å². The van der Waals surface area contributed by atoms with E-state index in [1.165, 1.54) is 11.6 Å². The lowest BCUT2D eigenvalue weighted by atomic mass is 9.78. The van der Waals surface area contributed by atoms with Crippen LogP contribution in [0.4, 0.5) is 4.39 Å². The number of allylic oxidation sites excluding steroid dienone is 6. The number of hydrogen-bond acceptors (Lipinski definition) is 4. The number of rotatable bonds is 1. The first-order valence-electron chi connectivity index (χ1n) is 8.04. The Kier molecular flexibility index (Phi) is 2.74. The lowest BCUT2D eigenvalue weighted by Gasteiger charge is -2.26. The van der Waals surface area contributed by atoms with E-state index >= 15 is 0 Å². The fourth-order valence-electron chi connectivity index (χ4n) is 3.96. The number of nitrogens with zero attached hydrogens (tertiary/aromatic N) is 2. The second-order valence-electron chi connectivity index (χ2n) is 6.47. The molecule has 0 amide bonds. The Hall–Kier alpha value is -2.82. The van der Waals surface area contributed by atoms with Crippen LogP contribution >= 0.6 is 0 Å². The summed E-state index contributed by atoms with van der Waals surface area (Å²) in [6, 6.07) is 10.3. The number of benzene rings is 1. The predicted octanol–water partition coefficient (Wildman–Crippen LogP) is 3.31. The van der Waals surface area contributed by atoms with Gasteiger partial charge in [0.2, 0.25) is 5.97 Å². The molecule has 118 valence electrons. The van der Waals surface area contributed by atoms with Crippen molar-refractivity contribution in [1.82, 2.24) is 5.43 Å². The summed E-state index contributed by atoms with van der Waals surface area (Å²) in [6.07, 6.45) is 3.15. The molecule has 5 rings (SSSR count). The number of aliphatic imine (C=N–C) groups is 1. The Labute approximate surface area is 138 Å². The average Bonchev–Trinajstić information content (AvgIpc) is 2.90. The molecule has 2 aliphatic carbocycles. The summed E-state index contributed by atoms with van der Waals surface area (Å²) < 4.78 is 14.4. The van der Waals surface area contributed by atoms with Crippen LogP contribution in [0.5, 0.6) is 0 Å². The van der Waals surface area contributed by atoms with Crippen molar-refractivity contribution in [2.24, 2.45) is 10.1 Å². The van der Waals surface area contributed by atoms with Gasteiger partial charge in [-0.3, -0.25) is 15.2 Å². The van der Waals surface area contributed by atoms with E-state index in [1.54, 1.807) is 0 Å². The molecule has 4 nitrogen and oxygen atoms in total. The van der Waals surface area contributed by atoms with E-state index in [-0.39, 0.29) is 23.7 Å². The van der Waals surface area contributed by atoms with Crippen molar-refractivity contribution in [3.63, 3.8) is 0 Å². The van der Waals surface area contributed by atoms with Crippen molar-refractivity contribution < 1.29 is 9.18 Å². The van der Waals surface area contributed by atoms with Gasteiger partial charge in [-0.25, -0.2) is 0 Å². The highest BCUT2D eigenvalue weighted by Gasteiger charge is 2.40. The largest absolute Gasteiger partial charge is 0.294 e. The van der Waals surface area contributed by atoms with Gasteiger partial charge in [0.25, 0.3) is 0 Å². The standard InChI is InChI=1S/C19H14FN3O/c20-19-13-8-12(24)9-15-17(13)18-14(21-15)6-11(7-16(18)22-23-19)10-4-2-1-3-5-10/h1-5,8,11,22H,6-7,9H2. The molecule has 0 saturated heterocycles. The predicted molar refractivity (Wildman–Crippen MR) is 89.3 cm³/mol. The van der Waals surface area contributed by atoms with E-state index < -0.39 is 5.97 Å². The van der Waals surface area contributed by atoms with Gasteiger partial charge in [0, 0.05) is 22.4 Å². The molecular weight excluding hydrogens is 305 g/mol. The van der Waals surface area contributed by atoms with Crippen LogP contribution in [0.25, 0.3) is 0 Å². The molecule has 5 heteroatoms. The fourth-order valence-corrected chi connectivity index (χ4v) is 3.96. The lowest BCUT2D eigenvalue weighted by Crippen LogP contribution is -2.22. The Morgan fingerprint density at radius 1 is 1.12 bits per heavy atom. The van der Waals surface area contributed by atoms with Crippen LogP contribution in [-0.4, -0.2) is 17.5 Å². The molecule has 2 aliphatic heterocycles.